The molecule has 130 valence electrons. The van der Waals surface area contributed by atoms with Crippen LogP contribution in [0.5, 0.6) is 0 Å². The van der Waals surface area contributed by atoms with E-state index in [1.54, 1.807) is 30.3 Å². The average Bonchev–Trinajstić information content (AvgIpc) is 3.26. The Hall–Kier alpha value is -2.16. The van der Waals surface area contributed by atoms with Crippen molar-refractivity contribution in [2.75, 3.05) is 12.8 Å². The van der Waals surface area contributed by atoms with Gasteiger partial charge in [0.05, 0.1) is 29.5 Å². The maximum atomic E-state index is 12.4. The largest absolute Gasteiger partial charge is 0.461 e. The molecular formula is C16H14ClN3O4S. The van der Waals surface area contributed by atoms with Crippen LogP contribution < -0.4 is 0 Å². The third-order valence-corrected chi connectivity index (χ3v) is 6.20. The molecule has 0 N–H and O–H groups in total. The lowest BCUT2D eigenvalue weighted by Gasteiger charge is -2.22. The highest BCUT2D eigenvalue weighted by Gasteiger charge is 2.37. The third-order valence-electron chi connectivity index (χ3n) is 4.17. The zero-order valence-electron chi connectivity index (χ0n) is 13.2. The summed E-state index contributed by atoms with van der Waals surface area (Å²) in [6.07, 6.45) is 1.53. The summed E-state index contributed by atoms with van der Waals surface area (Å²) in [7, 11) is -1.51. The first-order valence-electron chi connectivity index (χ1n) is 7.53. The van der Waals surface area contributed by atoms with Crippen molar-refractivity contribution < 1.29 is 17.4 Å². The van der Waals surface area contributed by atoms with Gasteiger partial charge in [0.15, 0.2) is 15.6 Å². The van der Waals surface area contributed by atoms with Crippen LogP contribution in [0.15, 0.2) is 50.4 Å². The number of fused-ring (bicyclic) bond motifs is 1. The van der Waals surface area contributed by atoms with Crippen molar-refractivity contribution in [2.24, 2.45) is 0 Å². The molecule has 0 aliphatic carbocycles. The lowest BCUT2D eigenvalue weighted by molar-refractivity contribution is 0.219. The number of benzene rings is 1. The fraction of sp³-hybridized carbons (Fsp3) is 0.250. The molecule has 0 spiro atoms. The zero-order chi connectivity index (χ0) is 17.6. The van der Waals surface area contributed by atoms with E-state index < -0.39 is 9.84 Å². The van der Waals surface area contributed by atoms with Crippen LogP contribution in [0.3, 0.4) is 0 Å². The average molecular weight is 380 g/mol. The summed E-state index contributed by atoms with van der Waals surface area (Å²) in [5.41, 5.74) is 0.695. The maximum absolute atomic E-state index is 12.4. The second-order valence-electron chi connectivity index (χ2n) is 5.88. The molecule has 9 heteroatoms. The predicted molar refractivity (Wildman–Crippen MR) is 89.7 cm³/mol. The first kappa shape index (κ1) is 16.3. The van der Waals surface area contributed by atoms with E-state index in [1.807, 2.05) is 11.9 Å². The topological polar surface area (TPSA) is 89.4 Å². The van der Waals surface area contributed by atoms with Crippen LogP contribution >= 0.6 is 11.6 Å². The summed E-state index contributed by atoms with van der Waals surface area (Å²) >= 11 is 6.04. The fourth-order valence-corrected chi connectivity index (χ4v) is 5.00. The van der Waals surface area contributed by atoms with E-state index in [2.05, 4.69) is 10.1 Å². The molecule has 0 amide bonds. The van der Waals surface area contributed by atoms with Crippen LogP contribution in [0, 0.1) is 0 Å². The summed E-state index contributed by atoms with van der Waals surface area (Å²) in [6, 6.07) is 8.00. The number of rotatable bonds is 4. The molecule has 1 aliphatic heterocycles. The first-order valence-corrected chi connectivity index (χ1v) is 9.56. The van der Waals surface area contributed by atoms with E-state index in [0.29, 0.717) is 39.5 Å². The van der Waals surface area contributed by atoms with Crippen molar-refractivity contribution in [3.8, 4) is 11.6 Å². The Morgan fingerprint density at radius 2 is 2.20 bits per heavy atom. The molecule has 1 aliphatic rings. The molecule has 0 saturated heterocycles. The minimum Gasteiger partial charge on any atom is -0.461 e. The Morgan fingerprint density at radius 3 is 2.96 bits per heavy atom. The van der Waals surface area contributed by atoms with E-state index in [1.165, 1.54) is 6.26 Å². The minimum atomic E-state index is -3.32. The summed E-state index contributed by atoms with van der Waals surface area (Å²) in [5.74, 6) is 1.24. The molecule has 3 aromatic rings. The van der Waals surface area contributed by atoms with Crippen LogP contribution in [0.25, 0.3) is 11.6 Å². The maximum Gasteiger partial charge on any atom is 0.241 e. The van der Waals surface area contributed by atoms with Crippen LogP contribution in [0.4, 0.5) is 0 Å². The molecule has 1 atom stereocenters. The molecule has 0 fully saturated rings. The van der Waals surface area contributed by atoms with E-state index in [-0.39, 0.29) is 11.8 Å². The number of hydrogen-bond donors (Lipinski definition) is 0. The van der Waals surface area contributed by atoms with Crippen LogP contribution in [-0.2, 0) is 16.4 Å². The van der Waals surface area contributed by atoms with Crippen molar-refractivity contribution in [2.45, 2.75) is 17.5 Å². The molecule has 0 saturated carbocycles. The van der Waals surface area contributed by atoms with Crippen molar-refractivity contribution in [1.82, 2.24) is 15.0 Å². The molecule has 0 bridgehead atoms. The number of nitrogens with zero attached hydrogens (tertiary/aromatic N) is 3. The number of hydrogen-bond acceptors (Lipinski definition) is 7. The van der Waals surface area contributed by atoms with Crippen molar-refractivity contribution in [3.63, 3.8) is 0 Å². The lowest BCUT2D eigenvalue weighted by Crippen LogP contribution is -2.25. The quantitative estimate of drug-likeness (QED) is 0.688. The van der Waals surface area contributed by atoms with Crippen LogP contribution in [-0.4, -0.2) is 36.3 Å². The highest BCUT2D eigenvalue weighted by Crippen LogP contribution is 2.38. The number of furan rings is 1. The monoisotopic (exact) mass is 379 g/mol. The molecule has 25 heavy (non-hydrogen) atoms. The normalized spacial score (nSPS) is 18.6. The summed E-state index contributed by atoms with van der Waals surface area (Å²) < 4.78 is 35.2. The standard InChI is InChI=1S/C16H14ClN3O4S/c1-20(8-15-18-16(19-24-15)13-3-2-6-23-13)12-9-25(21,22)14-5-4-10(17)7-11(12)14/h2-7,12H,8-9H2,1H3. The van der Waals surface area contributed by atoms with Gasteiger partial charge in [-0.25, -0.2) is 8.42 Å². The smallest absolute Gasteiger partial charge is 0.241 e. The second kappa shape index (κ2) is 5.98. The molecule has 7 nitrogen and oxygen atoms in total. The van der Waals surface area contributed by atoms with Gasteiger partial charge in [0.1, 0.15) is 0 Å². The molecule has 2 aromatic heterocycles. The highest BCUT2D eigenvalue weighted by atomic mass is 35.5. The van der Waals surface area contributed by atoms with Crippen LogP contribution in [0.2, 0.25) is 5.02 Å². The predicted octanol–water partition coefficient (Wildman–Crippen LogP) is 2.94. The Labute approximate surface area is 149 Å². The molecule has 1 aromatic carbocycles. The summed E-state index contributed by atoms with van der Waals surface area (Å²) in [6.45, 7) is 0.305. The molecule has 4 rings (SSSR count). The summed E-state index contributed by atoms with van der Waals surface area (Å²) in [5, 5.41) is 4.39. The van der Waals surface area contributed by atoms with Crippen molar-refractivity contribution in [3.05, 3.63) is 53.1 Å². The molecule has 1 unspecified atom stereocenters. The van der Waals surface area contributed by atoms with Gasteiger partial charge in [-0.1, -0.05) is 16.8 Å². The number of halogens is 1. The van der Waals surface area contributed by atoms with Crippen LogP contribution in [0.1, 0.15) is 17.5 Å². The molecule has 3 heterocycles. The van der Waals surface area contributed by atoms with E-state index in [9.17, 15) is 8.42 Å². The van der Waals surface area contributed by atoms with Gasteiger partial charge in [-0.05, 0) is 42.9 Å². The van der Waals surface area contributed by atoms with Gasteiger partial charge in [0.2, 0.25) is 11.7 Å². The van der Waals surface area contributed by atoms with E-state index >= 15 is 0 Å². The Morgan fingerprint density at radius 1 is 1.36 bits per heavy atom. The molecular weight excluding hydrogens is 366 g/mol. The lowest BCUT2D eigenvalue weighted by atomic mass is 10.1. The van der Waals surface area contributed by atoms with Gasteiger partial charge in [-0.2, -0.15) is 4.98 Å². The number of sulfone groups is 1. The Balaban J connectivity index is 1.58. The van der Waals surface area contributed by atoms with E-state index in [4.69, 9.17) is 20.5 Å². The Bertz CT molecular complexity index is 1010. The van der Waals surface area contributed by atoms with Gasteiger partial charge < -0.3 is 8.94 Å². The highest BCUT2D eigenvalue weighted by molar-refractivity contribution is 7.91. The minimum absolute atomic E-state index is 0.00163. The zero-order valence-corrected chi connectivity index (χ0v) is 14.8. The Kier molecular flexibility index (Phi) is 3.90. The van der Waals surface area contributed by atoms with Gasteiger partial charge in [0.25, 0.3) is 0 Å². The third kappa shape index (κ3) is 2.97. The fourth-order valence-electron chi connectivity index (χ4n) is 2.96. The van der Waals surface area contributed by atoms with Crippen molar-refractivity contribution in [1.29, 1.82) is 0 Å². The van der Waals surface area contributed by atoms with Gasteiger partial charge >= 0.3 is 0 Å². The van der Waals surface area contributed by atoms with Gasteiger partial charge in [-0.15, -0.1) is 0 Å². The molecule has 0 radical (unpaired) electrons. The van der Waals surface area contributed by atoms with Gasteiger partial charge in [0, 0.05) is 5.02 Å². The SMILES string of the molecule is CN(Cc1nc(-c2ccco2)no1)C1CS(=O)(=O)c2ccc(Cl)cc21. The van der Waals surface area contributed by atoms with Crippen molar-refractivity contribution >= 4 is 21.4 Å². The second-order valence-corrected chi connectivity index (χ2v) is 8.32. The van der Waals surface area contributed by atoms with Gasteiger partial charge in [-0.3, -0.25) is 4.90 Å². The first-order chi connectivity index (χ1) is 11.9. The summed E-state index contributed by atoms with van der Waals surface area (Å²) in [4.78, 5) is 6.47. The number of aromatic nitrogens is 2. The van der Waals surface area contributed by atoms with E-state index in [0.717, 1.165) is 0 Å².